The van der Waals surface area contributed by atoms with Crippen LogP contribution in [0.15, 0.2) is 0 Å². The molecule has 0 fully saturated rings. The van der Waals surface area contributed by atoms with Crippen LogP contribution in [0.25, 0.3) is 0 Å². The number of carbonyl (C=O) groups is 5. The number of amides is 3. The van der Waals surface area contributed by atoms with Gasteiger partial charge in [-0.15, -0.1) is 0 Å². The van der Waals surface area contributed by atoms with Crippen molar-refractivity contribution in [1.29, 1.82) is 0 Å². The number of carboxylic acid groups (broad SMARTS) is 2. The summed E-state index contributed by atoms with van der Waals surface area (Å²) < 4.78 is 0. The van der Waals surface area contributed by atoms with Gasteiger partial charge in [-0.2, -0.15) is 0 Å². The van der Waals surface area contributed by atoms with Gasteiger partial charge in [0.1, 0.15) is 18.1 Å². The molecule has 0 saturated carbocycles. The van der Waals surface area contributed by atoms with E-state index in [4.69, 9.17) is 10.8 Å². The average Bonchev–Trinajstić information content (AvgIpc) is 2.66. The third-order valence-electron chi connectivity index (χ3n) is 4.60. The van der Waals surface area contributed by atoms with Gasteiger partial charge in [-0.25, -0.2) is 4.79 Å². The Morgan fingerprint density at radius 1 is 0.900 bits per heavy atom. The topological polar surface area (TPSA) is 188 Å². The third kappa shape index (κ3) is 10.2. The summed E-state index contributed by atoms with van der Waals surface area (Å²) in [5.74, 6) is -4.69. The third-order valence-corrected chi connectivity index (χ3v) is 4.60. The van der Waals surface area contributed by atoms with E-state index in [-0.39, 0.29) is 37.6 Å². The van der Waals surface area contributed by atoms with E-state index in [1.165, 1.54) is 0 Å². The molecule has 0 aliphatic carbocycles. The normalized spacial score (nSPS) is 14.9. The highest BCUT2D eigenvalue weighted by molar-refractivity contribution is 5.93. The first kappa shape index (κ1) is 27.3. The van der Waals surface area contributed by atoms with Gasteiger partial charge < -0.3 is 31.9 Å². The maximum Gasteiger partial charge on any atom is 0.326 e. The Morgan fingerprint density at radius 2 is 1.50 bits per heavy atom. The Bertz CT molecular complexity index is 624. The second-order valence-corrected chi connectivity index (χ2v) is 7.66. The minimum absolute atomic E-state index is 0.0231. The highest BCUT2D eigenvalue weighted by Gasteiger charge is 2.32. The zero-order valence-corrected chi connectivity index (χ0v) is 17.9. The lowest BCUT2D eigenvalue weighted by molar-refractivity contribution is -0.143. The number of aliphatic carboxylic acids is 2. The summed E-state index contributed by atoms with van der Waals surface area (Å²) in [6, 6.07) is -3.36. The molecular weight excluding hydrogens is 396 g/mol. The Kier molecular flexibility index (Phi) is 12.3. The van der Waals surface area contributed by atoms with E-state index in [0.29, 0.717) is 6.42 Å². The van der Waals surface area contributed by atoms with Crippen molar-refractivity contribution in [2.24, 2.45) is 17.6 Å². The van der Waals surface area contributed by atoms with E-state index in [9.17, 15) is 29.1 Å². The maximum absolute atomic E-state index is 12.8. The number of hydrogen-bond donors (Lipinski definition) is 6. The molecule has 0 radical (unpaired) electrons. The predicted molar refractivity (Wildman–Crippen MR) is 108 cm³/mol. The van der Waals surface area contributed by atoms with Crippen molar-refractivity contribution in [2.75, 3.05) is 6.54 Å². The number of nitrogens with two attached hydrogens (primary N) is 1. The number of rotatable bonds is 14. The number of nitrogens with one attached hydrogen (secondary N) is 3. The molecule has 0 rings (SSSR count). The number of carbonyl (C=O) groups excluding carboxylic acids is 3. The molecule has 11 nitrogen and oxygen atoms in total. The largest absolute Gasteiger partial charge is 0.481 e. The van der Waals surface area contributed by atoms with Gasteiger partial charge in [-0.05, 0) is 24.7 Å². The molecule has 3 amide bonds. The minimum Gasteiger partial charge on any atom is -0.481 e. The Labute approximate surface area is 176 Å². The molecule has 172 valence electrons. The van der Waals surface area contributed by atoms with Crippen LogP contribution in [0.1, 0.15) is 53.4 Å². The molecule has 4 unspecified atom stereocenters. The van der Waals surface area contributed by atoms with Crippen LogP contribution < -0.4 is 21.7 Å². The highest BCUT2D eigenvalue weighted by Crippen LogP contribution is 2.11. The van der Waals surface area contributed by atoms with Gasteiger partial charge in [0, 0.05) is 6.42 Å². The molecule has 11 heteroatoms. The Morgan fingerprint density at radius 3 is 1.93 bits per heavy atom. The summed E-state index contributed by atoms with van der Waals surface area (Å²) in [6.07, 6.45) is 0.163. The summed E-state index contributed by atoms with van der Waals surface area (Å²) in [7, 11) is 0. The van der Waals surface area contributed by atoms with Crippen molar-refractivity contribution in [2.45, 2.75) is 71.5 Å². The van der Waals surface area contributed by atoms with Gasteiger partial charge in [-0.1, -0.05) is 34.1 Å². The van der Waals surface area contributed by atoms with Crippen LogP contribution in [-0.4, -0.2) is 64.5 Å². The average molecular weight is 431 g/mol. The van der Waals surface area contributed by atoms with Gasteiger partial charge in [0.05, 0.1) is 6.54 Å². The lowest BCUT2D eigenvalue weighted by atomic mass is 9.96. The van der Waals surface area contributed by atoms with Crippen molar-refractivity contribution < 1.29 is 34.2 Å². The van der Waals surface area contributed by atoms with Crippen LogP contribution >= 0.6 is 0 Å². The van der Waals surface area contributed by atoms with E-state index >= 15 is 0 Å². The summed E-state index contributed by atoms with van der Waals surface area (Å²) in [6.45, 7) is 6.78. The zero-order valence-electron chi connectivity index (χ0n) is 17.9. The summed E-state index contributed by atoms with van der Waals surface area (Å²) in [5.41, 5.74) is 5.24. The van der Waals surface area contributed by atoms with E-state index < -0.39 is 47.8 Å². The first-order valence-electron chi connectivity index (χ1n) is 9.97. The maximum atomic E-state index is 12.8. The Hall–Kier alpha value is -2.69. The fraction of sp³-hybridized carbons (Fsp3) is 0.737. The zero-order chi connectivity index (χ0) is 23.4. The second-order valence-electron chi connectivity index (χ2n) is 7.66. The molecule has 0 aromatic heterocycles. The van der Waals surface area contributed by atoms with Gasteiger partial charge >= 0.3 is 11.9 Å². The first-order valence-corrected chi connectivity index (χ1v) is 9.97. The van der Waals surface area contributed by atoms with Crippen LogP contribution in [0, 0.1) is 11.8 Å². The fourth-order valence-corrected chi connectivity index (χ4v) is 2.70. The van der Waals surface area contributed by atoms with E-state index in [0.717, 1.165) is 0 Å². The van der Waals surface area contributed by atoms with Crippen molar-refractivity contribution in [1.82, 2.24) is 16.0 Å². The van der Waals surface area contributed by atoms with Gasteiger partial charge in [-0.3, -0.25) is 19.2 Å². The van der Waals surface area contributed by atoms with E-state index in [1.54, 1.807) is 13.8 Å². The smallest absolute Gasteiger partial charge is 0.326 e. The molecule has 30 heavy (non-hydrogen) atoms. The van der Waals surface area contributed by atoms with Crippen LogP contribution in [0.2, 0.25) is 0 Å². The molecule has 4 atom stereocenters. The quantitative estimate of drug-likeness (QED) is 0.211. The van der Waals surface area contributed by atoms with Crippen molar-refractivity contribution in [3.05, 3.63) is 0 Å². The minimum atomic E-state index is -1.19. The van der Waals surface area contributed by atoms with Crippen molar-refractivity contribution in [3.63, 3.8) is 0 Å². The lowest BCUT2D eigenvalue weighted by Crippen LogP contribution is -2.58. The summed E-state index contributed by atoms with van der Waals surface area (Å²) in [5, 5.41) is 25.5. The van der Waals surface area contributed by atoms with E-state index in [1.807, 2.05) is 13.8 Å². The van der Waals surface area contributed by atoms with Crippen molar-refractivity contribution >= 4 is 29.7 Å². The van der Waals surface area contributed by atoms with E-state index in [2.05, 4.69) is 16.0 Å². The predicted octanol–water partition coefficient (Wildman–Crippen LogP) is -0.559. The number of hydrogen-bond acceptors (Lipinski definition) is 6. The van der Waals surface area contributed by atoms with Crippen LogP contribution in [0.5, 0.6) is 0 Å². The second kappa shape index (κ2) is 13.5. The summed E-state index contributed by atoms with van der Waals surface area (Å²) in [4.78, 5) is 59.3. The molecule has 0 saturated heterocycles. The molecular formula is C19H34N4O7. The van der Waals surface area contributed by atoms with Crippen LogP contribution in [-0.2, 0) is 24.0 Å². The molecule has 0 aliphatic heterocycles. The summed E-state index contributed by atoms with van der Waals surface area (Å²) >= 11 is 0. The first-order chi connectivity index (χ1) is 13.9. The lowest BCUT2D eigenvalue weighted by Gasteiger charge is -2.28. The van der Waals surface area contributed by atoms with Gasteiger partial charge in [0.15, 0.2) is 0 Å². The van der Waals surface area contributed by atoms with Crippen LogP contribution in [0.3, 0.4) is 0 Å². The standard InChI is InChI=1S/C19H34N4O7/c1-5-11(4)16(18(28)22-13(19(29)30)8-10(2)3)23-17(27)12(6-7-15(25)26)21-14(24)9-20/h10-13,16H,5-9,20H2,1-4H3,(H,21,24)(H,22,28)(H,23,27)(H,25,26)(H,29,30). The molecule has 0 aromatic carbocycles. The SMILES string of the molecule is CCC(C)C(NC(=O)C(CCC(=O)O)NC(=O)CN)C(=O)NC(CC(C)C)C(=O)O. The molecule has 0 heterocycles. The Balaban J connectivity index is 5.45. The molecule has 0 bridgehead atoms. The fourth-order valence-electron chi connectivity index (χ4n) is 2.70. The number of carboxylic acids is 2. The van der Waals surface area contributed by atoms with Crippen LogP contribution in [0.4, 0.5) is 0 Å². The molecule has 0 aromatic rings. The van der Waals surface area contributed by atoms with Gasteiger partial charge in [0.2, 0.25) is 17.7 Å². The highest BCUT2D eigenvalue weighted by atomic mass is 16.4. The molecule has 0 spiro atoms. The molecule has 0 aliphatic rings. The van der Waals surface area contributed by atoms with Crippen molar-refractivity contribution in [3.8, 4) is 0 Å². The monoisotopic (exact) mass is 430 g/mol. The molecule has 7 N–H and O–H groups in total. The van der Waals surface area contributed by atoms with Gasteiger partial charge in [0.25, 0.3) is 0 Å².